The molecular weight excluding hydrogens is 202 g/mol. The SMILES string of the molecule is CCN(C)C[C@@H]1CN(CCCNC)CCO1. The van der Waals surface area contributed by atoms with Crippen molar-refractivity contribution in [2.24, 2.45) is 0 Å². The van der Waals surface area contributed by atoms with Gasteiger partial charge in [-0.15, -0.1) is 0 Å². The highest BCUT2D eigenvalue weighted by Gasteiger charge is 2.20. The highest BCUT2D eigenvalue weighted by molar-refractivity contribution is 4.73. The van der Waals surface area contributed by atoms with Gasteiger partial charge >= 0.3 is 0 Å². The van der Waals surface area contributed by atoms with Gasteiger partial charge in [-0.05, 0) is 40.2 Å². The van der Waals surface area contributed by atoms with Crippen LogP contribution in [0.3, 0.4) is 0 Å². The Labute approximate surface area is 99.9 Å². The van der Waals surface area contributed by atoms with Gasteiger partial charge in [0, 0.05) is 19.6 Å². The van der Waals surface area contributed by atoms with Crippen molar-refractivity contribution >= 4 is 0 Å². The minimum atomic E-state index is 0.397. The number of nitrogens with zero attached hydrogens (tertiary/aromatic N) is 2. The van der Waals surface area contributed by atoms with Crippen LogP contribution < -0.4 is 5.32 Å². The van der Waals surface area contributed by atoms with E-state index in [1.807, 2.05) is 7.05 Å². The number of rotatable bonds is 7. The largest absolute Gasteiger partial charge is 0.374 e. The highest BCUT2D eigenvalue weighted by atomic mass is 16.5. The van der Waals surface area contributed by atoms with Crippen LogP contribution >= 0.6 is 0 Å². The second-order valence-electron chi connectivity index (χ2n) is 4.61. The maximum absolute atomic E-state index is 5.79. The van der Waals surface area contributed by atoms with Crippen LogP contribution in [-0.4, -0.2) is 75.9 Å². The number of nitrogens with one attached hydrogen (secondary N) is 1. The third kappa shape index (κ3) is 5.25. The molecule has 1 N–H and O–H groups in total. The normalized spacial score (nSPS) is 22.9. The van der Waals surface area contributed by atoms with E-state index in [0.717, 1.165) is 39.3 Å². The summed E-state index contributed by atoms with van der Waals surface area (Å²) in [5.74, 6) is 0. The van der Waals surface area contributed by atoms with Crippen LogP contribution in [0.15, 0.2) is 0 Å². The van der Waals surface area contributed by atoms with Crippen molar-refractivity contribution in [1.29, 1.82) is 0 Å². The molecule has 1 atom stereocenters. The van der Waals surface area contributed by atoms with E-state index >= 15 is 0 Å². The Morgan fingerprint density at radius 1 is 1.50 bits per heavy atom. The first-order valence-electron chi connectivity index (χ1n) is 6.43. The maximum atomic E-state index is 5.79. The number of hydrogen-bond acceptors (Lipinski definition) is 4. The zero-order valence-electron chi connectivity index (χ0n) is 11.0. The summed E-state index contributed by atoms with van der Waals surface area (Å²) in [6.07, 6.45) is 1.63. The standard InChI is InChI=1S/C12H27N3O/c1-4-14(3)10-12-11-15(8-9-16-12)7-5-6-13-2/h12-13H,4-11H2,1-3H3/t12-/m1/s1. The van der Waals surface area contributed by atoms with E-state index in [1.165, 1.54) is 13.0 Å². The number of morpholine rings is 1. The molecule has 16 heavy (non-hydrogen) atoms. The Hall–Kier alpha value is -0.160. The van der Waals surface area contributed by atoms with Crippen molar-refractivity contribution in [3.05, 3.63) is 0 Å². The predicted octanol–water partition coefficient (Wildman–Crippen LogP) is 0.248. The number of ether oxygens (including phenoxy) is 1. The molecule has 0 unspecified atom stereocenters. The topological polar surface area (TPSA) is 27.7 Å². The van der Waals surface area contributed by atoms with E-state index in [9.17, 15) is 0 Å². The van der Waals surface area contributed by atoms with Crippen molar-refractivity contribution in [2.45, 2.75) is 19.4 Å². The Kier molecular flexibility index (Phi) is 6.96. The summed E-state index contributed by atoms with van der Waals surface area (Å²) in [7, 11) is 4.17. The zero-order chi connectivity index (χ0) is 11.8. The Morgan fingerprint density at radius 2 is 2.31 bits per heavy atom. The quantitative estimate of drug-likeness (QED) is 0.633. The van der Waals surface area contributed by atoms with Gasteiger partial charge in [-0.25, -0.2) is 0 Å². The monoisotopic (exact) mass is 229 g/mol. The molecule has 1 aliphatic rings. The van der Waals surface area contributed by atoms with Crippen molar-refractivity contribution in [3.8, 4) is 0 Å². The average Bonchev–Trinajstić information content (AvgIpc) is 2.30. The van der Waals surface area contributed by atoms with E-state index in [1.54, 1.807) is 0 Å². The fourth-order valence-corrected chi connectivity index (χ4v) is 2.05. The first kappa shape index (κ1) is 13.9. The average molecular weight is 229 g/mol. The lowest BCUT2D eigenvalue weighted by Crippen LogP contribution is -2.47. The maximum Gasteiger partial charge on any atom is 0.0829 e. The minimum Gasteiger partial charge on any atom is -0.374 e. The third-order valence-corrected chi connectivity index (χ3v) is 3.18. The lowest BCUT2D eigenvalue weighted by molar-refractivity contribution is -0.0400. The van der Waals surface area contributed by atoms with Crippen molar-refractivity contribution in [1.82, 2.24) is 15.1 Å². The van der Waals surface area contributed by atoms with Gasteiger partial charge in [-0.1, -0.05) is 6.92 Å². The van der Waals surface area contributed by atoms with Crippen LogP contribution in [0.5, 0.6) is 0 Å². The van der Waals surface area contributed by atoms with E-state index in [2.05, 4.69) is 29.1 Å². The summed E-state index contributed by atoms with van der Waals surface area (Å²) in [6.45, 7) is 9.71. The fourth-order valence-electron chi connectivity index (χ4n) is 2.05. The van der Waals surface area contributed by atoms with E-state index in [-0.39, 0.29) is 0 Å². The summed E-state index contributed by atoms with van der Waals surface area (Å²) in [5, 5.41) is 3.19. The van der Waals surface area contributed by atoms with Gasteiger partial charge in [0.1, 0.15) is 0 Å². The molecule has 1 rings (SSSR count). The summed E-state index contributed by atoms with van der Waals surface area (Å²) in [5.41, 5.74) is 0. The molecule has 0 aromatic heterocycles. The molecule has 0 aromatic rings. The van der Waals surface area contributed by atoms with Gasteiger partial charge in [0.25, 0.3) is 0 Å². The summed E-state index contributed by atoms with van der Waals surface area (Å²) in [6, 6.07) is 0. The van der Waals surface area contributed by atoms with Crippen molar-refractivity contribution in [2.75, 3.05) is 60.0 Å². The summed E-state index contributed by atoms with van der Waals surface area (Å²) >= 11 is 0. The zero-order valence-corrected chi connectivity index (χ0v) is 11.0. The number of hydrogen-bond donors (Lipinski definition) is 1. The number of likely N-dealkylation sites (N-methyl/N-ethyl adjacent to an activating group) is 1. The Morgan fingerprint density at radius 3 is 3.00 bits per heavy atom. The van der Waals surface area contributed by atoms with Gasteiger partial charge in [0.2, 0.25) is 0 Å². The van der Waals surface area contributed by atoms with Gasteiger partial charge in [-0.2, -0.15) is 0 Å². The van der Waals surface area contributed by atoms with Crippen LogP contribution in [0.1, 0.15) is 13.3 Å². The van der Waals surface area contributed by atoms with Crippen molar-refractivity contribution in [3.63, 3.8) is 0 Å². The molecular formula is C12H27N3O. The van der Waals surface area contributed by atoms with E-state index in [0.29, 0.717) is 6.10 Å². The molecule has 0 saturated carbocycles. The van der Waals surface area contributed by atoms with Crippen molar-refractivity contribution < 1.29 is 4.74 Å². The van der Waals surface area contributed by atoms with Crippen LogP contribution in [0.4, 0.5) is 0 Å². The molecule has 0 bridgehead atoms. The molecule has 0 aromatic carbocycles. The molecule has 1 heterocycles. The molecule has 0 amide bonds. The van der Waals surface area contributed by atoms with E-state index < -0.39 is 0 Å². The van der Waals surface area contributed by atoms with Gasteiger partial charge < -0.3 is 15.0 Å². The lowest BCUT2D eigenvalue weighted by Gasteiger charge is -2.34. The van der Waals surface area contributed by atoms with Crippen LogP contribution in [0, 0.1) is 0 Å². The Bertz CT molecular complexity index is 178. The highest BCUT2D eigenvalue weighted by Crippen LogP contribution is 2.06. The van der Waals surface area contributed by atoms with Gasteiger partial charge in [-0.3, -0.25) is 4.90 Å². The molecule has 1 aliphatic heterocycles. The molecule has 4 heteroatoms. The summed E-state index contributed by atoms with van der Waals surface area (Å²) in [4.78, 5) is 4.84. The molecule has 1 fully saturated rings. The summed E-state index contributed by atoms with van der Waals surface area (Å²) < 4.78 is 5.79. The second-order valence-corrected chi connectivity index (χ2v) is 4.61. The molecule has 96 valence electrons. The lowest BCUT2D eigenvalue weighted by atomic mass is 10.2. The molecule has 4 nitrogen and oxygen atoms in total. The molecule has 0 radical (unpaired) electrons. The van der Waals surface area contributed by atoms with Crippen LogP contribution in [0.2, 0.25) is 0 Å². The smallest absolute Gasteiger partial charge is 0.0829 e. The first-order valence-corrected chi connectivity index (χ1v) is 6.43. The second kappa shape index (κ2) is 8.01. The molecule has 1 saturated heterocycles. The minimum absolute atomic E-state index is 0.397. The van der Waals surface area contributed by atoms with Gasteiger partial charge in [0.15, 0.2) is 0 Å². The van der Waals surface area contributed by atoms with Crippen LogP contribution in [0.25, 0.3) is 0 Å². The fraction of sp³-hybridized carbons (Fsp3) is 1.00. The molecule has 0 spiro atoms. The molecule has 0 aliphatic carbocycles. The third-order valence-electron chi connectivity index (χ3n) is 3.18. The van der Waals surface area contributed by atoms with Gasteiger partial charge in [0.05, 0.1) is 12.7 Å². The predicted molar refractivity (Wildman–Crippen MR) is 67.9 cm³/mol. The van der Waals surface area contributed by atoms with Crippen LogP contribution in [-0.2, 0) is 4.74 Å². The van der Waals surface area contributed by atoms with E-state index in [4.69, 9.17) is 4.74 Å². The first-order chi connectivity index (χ1) is 7.76. The Balaban J connectivity index is 2.19.